The molecule has 0 radical (unpaired) electrons. The van der Waals surface area contributed by atoms with Gasteiger partial charge in [-0.15, -0.1) is 0 Å². The first kappa shape index (κ1) is 14.4. The molecule has 23 heavy (non-hydrogen) atoms. The van der Waals surface area contributed by atoms with Gasteiger partial charge in [0.05, 0.1) is 12.3 Å². The average Bonchev–Trinajstić information content (AvgIpc) is 3.33. The minimum atomic E-state index is -0.148. The molecule has 2 aliphatic heterocycles. The van der Waals surface area contributed by atoms with Gasteiger partial charge in [-0.3, -0.25) is 4.79 Å². The first-order chi connectivity index (χ1) is 11.3. The van der Waals surface area contributed by atoms with E-state index in [1.807, 2.05) is 16.6 Å². The molecule has 0 bridgehead atoms. The summed E-state index contributed by atoms with van der Waals surface area (Å²) < 4.78 is 7.35. The van der Waals surface area contributed by atoms with Gasteiger partial charge in [-0.25, -0.2) is 4.98 Å². The Morgan fingerprint density at radius 1 is 1.35 bits per heavy atom. The second-order valence-corrected chi connectivity index (χ2v) is 6.14. The largest absolute Gasteiger partial charge is 0.376 e. The van der Waals surface area contributed by atoms with E-state index >= 15 is 0 Å². The number of nitrogens with zero attached hydrogens (tertiary/aromatic N) is 4. The van der Waals surface area contributed by atoms with Gasteiger partial charge in [-0.2, -0.15) is 9.61 Å². The van der Waals surface area contributed by atoms with Crippen molar-refractivity contribution in [2.75, 3.05) is 31.1 Å². The zero-order valence-electron chi connectivity index (χ0n) is 13.1. The molecule has 2 aliphatic rings. The van der Waals surface area contributed by atoms with Gasteiger partial charge in [0, 0.05) is 38.4 Å². The van der Waals surface area contributed by atoms with Crippen molar-refractivity contribution in [3.05, 3.63) is 24.0 Å². The minimum Gasteiger partial charge on any atom is -0.376 e. The molecule has 1 atom stereocenters. The molecule has 2 saturated heterocycles. The van der Waals surface area contributed by atoms with Gasteiger partial charge in [-0.05, 0) is 25.7 Å². The van der Waals surface area contributed by atoms with Gasteiger partial charge in [-0.1, -0.05) is 0 Å². The highest BCUT2D eigenvalue weighted by Crippen LogP contribution is 2.21. The predicted molar refractivity (Wildman–Crippen MR) is 85.7 cm³/mol. The standard InChI is InChI=1S/C16H21N5O2/c22-16(17-11-12-4-3-9-23-12)13-10-15(20-7-1-2-8-20)21-14(19-13)5-6-18-21/h5-6,10,12H,1-4,7-9,11H2,(H,17,22). The Kier molecular flexibility index (Phi) is 3.87. The summed E-state index contributed by atoms with van der Waals surface area (Å²) in [7, 11) is 0. The molecule has 2 aromatic rings. The van der Waals surface area contributed by atoms with Crippen molar-refractivity contribution < 1.29 is 9.53 Å². The van der Waals surface area contributed by atoms with Crippen molar-refractivity contribution in [1.82, 2.24) is 19.9 Å². The van der Waals surface area contributed by atoms with E-state index < -0.39 is 0 Å². The summed E-state index contributed by atoms with van der Waals surface area (Å²) in [6, 6.07) is 3.67. The molecule has 0 aliphatic carbocycles. The highest BCUT2D eigenvalue weighted by atomic mass is 16.5. The molecule has 0 aromatic carbocycles. The van der Waals surface area contributed by atoms with Gasteiger partial charge in [0.15, 0.2) is 5.65 Å². The van der Waals surface area contributed by atoms with Crippen LogP contribution in [0.5, 0.6) is 0 Å². The Morgan fingerprint density at radius 3 is 3.00 bits per heavy atom. The zero-order chi connectivity index (χ0) is 15.6. The molecule has 4 heterocycles. The number of hydrogen-bond acceptors (Lipinski definition) is 5. The lowest BCUT2D eigenvalue weighted by Crippen LogP contribution is -2.32. The Bertz CT molecular complexity index is 702. The maximum absolute atomic E-state index is 12.5. The molecular weight excluding hydrogens is 294 g/mol. The van der Waals surface area contributed by atoms with Crippen LogP contribution in [0, 0.1) is 0 Å². The van der Waals surface area contributed by atoms with Crippen molar-refractivity contribution in [2.24, 2.45) is 0 Å². The second-order valence-electron chi connectivity index (χ2n) is 6.14. The zero-order valence-corrected chi connectivity index (χ0v) is 13.1. The number of carbonyl (C=O) groups is 1. The molecule has 122 valence electrons. The van der Waals surface area contributed by atoms with E-state index in [1.165, 1.54) is 12.8 Å². The lowest BCUT2D eigenvalue weighted by atomic mass is 10.2. The second kappa shape index (κ2) is 6.16. The Hall–Kier alpha value is -2.15. The van der Waals surface area contributed by atoms with Crippen molar-refractivity contribution in [3.63, 3.8) is 0 Å². The molecule has 4 rings (SSSR count). The SMILES string of the molecule is O=C(NCC1CCCO1)c1cc(N2CCCC2)n2nccc2n1. The predicted octanol–water partition coefficient (Wildman–Crippen LogP) is 1.24. The summed E-state index contributed by atoms with van der Waals surface area (Å²) in [6.07, 6.45) is 6.28. The van der Waals surface area contributed by atoms with E-state index in [1.54, 1.807) is 6.20 Å². The molecule has 0 spiro atoms. The van der Waals surface area contributed by atoms with Crippen molar-refractivity contribution in [1.29, 1.82) is 0 Å². The van der Waals surface area contributed by atoms with Crippen LogP contribution in [-0.4, -0.2) is 52.9 Å². The Labute approximate surface area is 134 Å². The summed E-state index contributed by atoms with van der Waals surface area (Å²) in [6.45, 7) is 3.33. The number of amides is 1. The van der Waals surface area contributed by atoms with E-state index in [-0.39, 0.29) is 12.0 Å². The number of aromatic nitrogens is 3. The lowest BCUT2D eigenvalue weighted by Gasteiger charge is -2.19. The maximum atomic E-state index is 12.5. The van der Waals surface area contributed by atoms with Crippen LogP contribution in [0.25, 0.3) is 5.65 Å². The minimum absolute atomic E-state index is 0.135. The van der Waals surface area contributed by atoms with Gasteiger partial charge in [0.25, 0.3) is 5.91 Å². The monoisotopic (exact) mass is 315 g/mol. The molecule has 7 heteroatoms. The number of carbonyl (C=O) groups excluding carboxylic acids is 1. The van der Waals surface area contributed by atoms with E-state index in [9.17, 15) is 4.79 Å². The highest BCUT2D eigenvalue weighted by molar-refractivity contribution is 5.93. The molecule has 2 fully saturated rings. The molecule has 1 N–H and O–H groups in total. The number of ether oxygens (including phenoxy) is 1. The quantitative estimate of drug-likeness (QED) is 0.919. The smallest absolute Gasteiger partial charge is 0.270 e. The van der Waals surface area contributed by atoms with Crippen LogP contribution in [0.3, 0.4) is 0 Å². The van der Waals surface area contributed by atoms with Gasteiger partial charge in [0.1, 0.15) is 11.5 Å². The first-order valence-electron chi connectivity index (χ1n) is 8.31. The summed E-state index contributed by atoms with van der Waals surface area (Å²) in [5, 5.41) is 7.27. The van der Waals surface area contributed by atoms with Crippen LogP contribution in [0.15, 0.2) is 18.3 Å². The Balaban J connectivity index is 1.57. The maximum Gasteiger partial charge on any atom is 0.270 e. The van der Waals surface area contributed by atoms with E-state index in [0.717, 1.165) is 38.4 Å². The van der Waals surface area contributed by atoms with Crippen LogP contribution in [-0.2, 0) is 4.74 Å². The van der Waals surface area contributed by atoms with Gasteiger partial charge >= 0.3 is 0 Å². The van der Waals surface area contributed by atoms with Crippen LogP contribution in [0.4, 0.5) is 5.82 Å². The number of hydrogen-bond donors (Lipinski definition) is 1. The fourth-order valence-electron chi connectivity index (χ4n) is 3.29. The van der Waals surface area contributed by atoms with Crippen LogP contribution in [0.1, 0.15) is 36.2 Å². The third-order valence-corrected chi connectivity index (χ3v) is 4.52. The molecule has 0 saturated carbocycles. The normalized spacial score (nSPS) is 21.2. The lowest BCUT2D eigenvalue weighted by molar-refractivity contribution is 0.0854. The summed E-state index contributed by atoms with van der Waals surface area (Å²) in [5.74, 6) is 0.796. The summed E-state index contributed by atoms with van der Waals surface area (Å²) in [4.78, 5) is 19.2. The van der Waals surface area contributed by atoms with Crippen molar-refractivity contribution in [3.8, 4) is 0 Å². The van der Waals surface area contributed by atoms with E-state index in [4.69, 9.17) is 4.74 Å². The fourth-order valence-corrected chi connectivity index (χ4v) is 3.29. The van der Waals surface area contributed by atoms with Crippen LogP contribution in [0.2, 0.25) is 0 Å². The average molecular weight is 315 g/mol. The van der Waals surface area contributed by atoms with Crippen LogP contribution < -0.4 is 10.2 Å². The molecular formula is C16H21N5O2. The molecule has 2 aromatic heterocycles. The topological polar surface area (TPSA) is 71.8 Å². The summed E-state index contributed by atoms with van der Waals surface area (Å²) in [5.41, 5.74) is 1.15. The van der Waals surface area contributed by atoms with Crippen LogP contribution >= 0.6 is 0 Å². The number of nitrogens with one attached hydrogen (secondary N) is 1. The molecule has 7 nitrogen and oxygen atoms in total. The molecule has 1 amide bonds. The number of anilines is 1. The third kappa shape index (κ3) is 2.88. The fraction of sp³-hybridized carbons (Fsp3) is 0.562. The van der Waals surface area contributed by atoms with E-state index in [0.29, 0.717) is 17.9 Å². The summed E-state index contributed by atoms with van der Waals surface area (Å²) >= 11 is 0. The first-order valence-corrected chi connectivity index (χ1v) is 8.31. The highest BCUT2D eigenvalue weighted by Gasteiger charge is 2.21. The Morgan fingerprint density at radius 2 is 2.22 bits per heavy atom. The van der Waals surface area contributed by atoms with Gasteiger partial charge < -0.3 is 15.0 Å². The number of rotatable bonds is 4. The van der Waals surface area contributed by atoms with E-state index in [2.05, 4.69) is 20.3 Å². The third-order valence-electron chi connectivity index (χ3n) is 4.52. The van der Waals surface area contributed by atoms with Crippen molar-refractivity contribution in [2.45, 2.75) is 31.8 Å². The van der Waals surface area contributed by atoms with Gasteiger partial charge in [0.2, 0.25) is 0 Å². The number of fused-ring (bicyclic) bond motifs is 1. The molecule has 1 unspecified atom stereocenters. The van der Waals surface area contributed by atoms with Crippen molar-refractivity contribution >= 4 is 17.4 Å².